The van der Waals surface area contributed by atoms with Crippen molar-refractivity contribution in [2.75, 3.05) is 13.1 Å². The molecule has 3 fully saturated rings. The van der Waals surface area contributed by atoms with Crippen molar-refractivity contribution in [3.8, 4) is 0 Å². The van der Waals surface area contributed by atoms with E-state index in [0.29, 0.717) is 0 Å². The van der Waals surface area contributed by atoms with Crippen LogP contribution in [0.2, 0.25) is 0 Å². The lowest BCUT2D eigenvalue weighted by Crippen LogP contribution is -2.72. The van der Waals surface area contributed by atoms with E-state index in [1.165, 1.54) is 64.2 Å². The number of nitrogens with one attached hydrogen (secondary N) is 1. The molecule has 3 nitrogen and oxygen atoms in total. The van der Waals surface area contributed by atoms with Crippen LogP contribution in [0, 0.1) is 0 Å². The van der Waals surface area contributed by atoms with Crippen LogP contribution in [-0.2, 0) is 4.79 Å². The van der Waals surface area contributed by atoms with Crippen molar-refractivity contribution in [3.63, 3.8) is 0 Å². The molecule has 2 saturated carbocycles. The largest absolute Gasteiger partial charge is 0.339 e. The molecule has 0 aromatic rings. The summed E-state index contributed by atoms with van der Waals surface area (Å²) in [6.45, 7) is 3.65. The Morgan fingerprint density at radius 2 is 1.26 bits per heavy atom. The molecule has 108 valence electrons. The smallest absolute Gasteiger partial charge is 0.219 e. The normalized spacial score (nSPS) is 29.6. The van der Waals surface area contributed by atoms with Crippen molar-refractivity contribution in [2.45, 2.75) is 82.2 Å². The minimum atomic E-state index is 0.236. The molecule has 0 aromatic heterocycles. The highest BCUT2D eigenvalue weighted by Crippen LogP contribution is 2.39. The molecule has 3 heteroatoms. The van der Waals surface area contributed by atoms with Crippen LogP contribution in [-0.4, -0.2) is 35.0 Å². The average Bonchev–Trinajstić information content (AvgIpc) is 2.39. The van der Waals surface area contributed by atoms with Crippen molar-refractivity contribution in [3.05, 3.63) is 0 Å². The number of amides is 1. The van der Waals surface area contributed by atoms with Crippen LogP contribution in [0.1, 0.15) is 71.1 Å². The summed E-state index contributed by atoms with van der Waals surface area (Å²) in [5, 5.41) is 4.08. The second-order valence-electron chi connectivity index (χ2n) is 7.18. The van der Waals surface area contributed by atoms with Gasteiger partial charge in [-0.15, -0.1) is 0 Å². The van der Waals surface area contributed by atoms with Crippen molar-refractivity contribution >= 4 is 5.91 Å². The maximum Gasteiger partial charge on any atom is 0.219 e. The van der Waals surface area contributed by atoms with E-state index in [1.807, 2.05) is 0 Å². The van der Waals surface area contributed by atoms with Crippen LogP contribution in [0.15, 0.2) is 0 Å². The molecule has 0 atom stereocenters. The van der Waals surface area contributed by atoms with Gasteiger partial charge in [-0.1, -0.05) is 38.5 Å². The fraction of sp³-hybridized carbons (Fsp3) is 0.938. The molecule has 2 aliphatic carbocycles. The van der Waals surface area contributed by atoms with Crippen molar-refractivity contribution < 1.29 is 4.79 Å². The molecule has 1 heterocycles. The zero-order valence-electron chi connectivity index (χ0n) is 12.3. The van der Waals surface area contributed by atoms with Crippen LogP contribution in [0.3, 0.4) is 0 Å². The zero-order valence-corrected chi connectivity index (χ0v) is 12.3. The lowest BCUT2D eigenvalue weighted by atomic mass is 9.72. The number of carbonyl (C=O) groups is 1. The minimum absolute atomic E-state index is 0.236. The lowest BCUT2D eigenvalue weighted by molar-refractivity contribution is -0.135. The van der Waals surface area contributed by atoms with Crippen LogP contribution >= 0.6 is 0 Å². The Kier molecular flexibility index (Phi) is 3.59. The van der Waals surface area contributed by atoms with E-state index in [2.05, 4.69) is 10.2 Å². The Labute approximate surface area is 117 Å². The van der Waals surface area contributed by atoms with Crippen LogP contribution in [0.25, 0.3) is 0 Å². The van der Waals surface area contributed by atoms with Gasteiger partial charge in [0, 0.05) is 31.1 Å². The summed E-state index contributed by atoms with van der Waals surface area (Å²) in [5.41, 5.74) is 0.471. The number of hydrogen-bond donors (Lipinski definition) is 1. The van der Waals surface area contributed by atoms with Gasteiger partial charge in [0.2, 0.25) is 5.91 Å². The number of hydrogen-bond acceptors (Lipinski definition) is 2. The predicted octanol–water partition coefficient (Wildman–Crippen LogP) is 2.84. The van der Waals surface area contributed by atoms with Gasteiger partial charge in [0.05, 0.1) is 0 Å². The quantitative estimate of drug-likeness (QED) is 0.729. The first-order chi connectivity index (χ1) is 9.13. The van der Waals surface area contributed by atoms with Crippen molar-refractivity contribution in [1.29, 1.82) is 0 Å². The fourth-order valence-corrected chi connectivity index (χ4v) is 4.67. The summed E-state index contributed by atoms with van der Waals surface area (Å²) < 4.78 is 0. The Hall–Kier alpha value is -0.570. The van der Waals surface area contributed by atoms with E-state index >= 15 is 0 Å². The van der Waals surface area contributed by atoms with E-state index in [9.17, 15) is 4.79 Å². The summed E-state index contributed by atoms with van der Waals surface area (Å²) in [4.78, 5) is 14.1. The van der Waals surface area contributed by atoms with Crippen LogP contribution < -0.4 is 5.32 Å². The minimum Gasteiger partial charge on any atom is -0.339 e. The monoisotopic (exact) mass is 264 g/mol. The maximum atomic E-state index is 11.9. The van der Waals surface area contributed by atoms with E-state index < -0.39 is 0 Å². The second kappa shape index (κ2) is 5.08. The van der Waals surface area contributed by atoms with Gasteiger partial charge in [0.25, 0.3) is 0 Å². The summed E-state index contributed by atoms with van der Waals surface area (Å²) in [5.74, 6) is 0.274. The number of piperazine rings is 1. The molecule has 0 aromatic carbocycles. The lowest BCUT2D eigenvalue weighted by Gasteiger charge is -2.56. The molecule has 1 amide bonds. The standard InChI is InChI=1S/C16H28N2O/c1-14(19)18-12-15(8-4-2-5-9-15)17-16(13-18)10-6-3-7-11-16/h17H,2-13H2,1H3. The van der Waals surface area contributed by atoms with Crippen molar-refractivity contribution in [2.24, 2.45) is 0 Å². The molecule has 0 bridgehead atoms. The maximum absolute atomic E-state index is 11.9. The molecule has 1 N–H and O–H groups in total. The van der Waals surface area contributed by atoms with E-state index in [4.69, 9.17) is 0 Å². The molecule has 0 unspecified atom stereocenters. The first-order valence-corrected chi connectivity index (χ1v) is 8.18. The SMILES string of the molecule is CC(=O)N1CC2(CCCCC2)NC2(CCCCC2)C1. The van der Waals surface area contributed by atoms with Gasteiger partial charge in [-0.05, 0) is 25.7 Å². The van der Waals surface area contributed by atoms with Gasteiger partial charge in [-0.25, -0.2) is 0 Å². The summed E-state index contributed by atoms with van der Waals surface area (Å²) in [6.07, 6.45) is 13.1. The van der Waals surface area contributed by atoms with Gasteiger partial charge in [0.15, 0.2) is 0 Å². The Morgan fingerprint density at radius 1 is 0.842 bits per heavy atom. The molecular weight excluding hydrogens is 236 g/mol. The topological polar surface area (TPSA) is 32.3 Å². The first-order valence-electron chi connectivity index (χ1n) is 8.18. The molecule has 1 aliphatic heterocycles. The van der Waals surface area contributed by atoms with Gasteiger partial charge in [-0.3, -0.25) is 4.79 Å². The highest BCUT2D eigenvalue weighted by atomic mass is 16.2. The third-order valence-electron chi connectivity index (χ3n) is 5.58. The third-order valence-corrected chi connectivity index (χ3v) is 5.58. The summed E-state index contributed by atoms with van der Waals surface area (Å²) in [6, 6.07) is 0. The van der Waals surface area contributed by atoms with Gasteiger partial charge in [-0.2, -0.15) is 0 Å². The highest BCUT2D eigenvalue weighted by molar-refractivity contribution is 5.73. The van der Waals surface area contributed by atoms with E-state index in [0.717, 1.165) is 13.1 Å². The molecule has 3 rings (SSSR count). The first kappa shape index (κ1) is 13.4. The average molecular weight is 264 g/mol. The molecule has 3 aliphatic rings. The Bertz CT molecular complexity index is 315. The summed E-state index contributed by atoms with van der Waals surface area (Å²) >= 11 is 0. The number of nitrogens with zero attached hydrogens (tertiary/aromatic N) is 1. The van der Waals surface area contributed by atoms with E-state index in [-0.39, 0.29) is 17.0 Å². The predicted molar refractivity (Wildman–Crippen MR) is 77.0 cm³/mol. The molecule has 0 radical (unpaired) electrons. The molecular formula is C16H28N2O. The van der Waals surface area contributed by atoms with Gasteiger partial charge in [0.1, 0.15) is 0 Å². The zero-order chi connectivity index (χ0) is 13.3. The Morgan fingerprint density at radius 3 is 1.63 bits per heavy atom. The van der Waals surface area contributed by atoms with Crippen LogP contribution in [0.5, 0.6) is 0 Å². The fourth-order valence-electron chi connectivity index (χ4n) is 4.67. The van der Waals surface area contributed by atoms with Crippen molar-refractivity contribution in [1.82, 2.24) is 10.2 Å². The number of carbonyl (C=O) groups excluding carboxylic acids is 1. The second-order valence-corrected chi connectivity index (χ2v) is 7.18. The van der Waals surface area contributed by atoms with E-state index in [1.54, 1.807) is 6.92 Å². The molecule has 19 heavy (non-hydrogen) atoms. The van der Waals surface area contributed by atoms with Crippen LogP contribution in [0.4, 0.5) is 0 Å². The molecule has 1 saturated heterocycles. The number of rotatable bonds is 0. The molecule has 2 spiro atoms. The van der Waals surface area contributed by atoms with Gasteiger partial charge < -0.3 is 10.2 Å². The third kappa shape index (κ3) is 2.67. The highest BCUT2D eigenvalue weighted by Gasteiger charge is 2.48. The summed E-state index contributed by atoms with van der Waals surface area (Å²) in [7, 11) is 0. The Balaban J connectivity index is 1.83. The van der Waals surface area contributed by atoms with Gasteiger partial charge >= 0.3 is 0 Å².